The lowest BCUT2D eigenvalue weighted by molar-refractivity contribution is 0.772. The fourth-order valence-corrected chi connectivity index (χ4v) is 2.28. The van der Waals surface area contributed by atoms with Crippen LogP contribution in [0.2, 0.25) is 0 Å². The van der Waals surface area contributed by atoms with Gasteiger partial charge in [-0.05, 0) is 13.1 Å². The van der Waals surface area contributed by atoms with Crippen LogP contribution in [-0.4, -0.2) is 16.8 Å². The van der Waals surface area contributed by atoms with Crippen molar-refractivity contribution < 1.29 is 0 Å². The molecule has 84 valence electrons. The van der Waals surface area contributed by atoms with Crippen molar-refractivity contribution >= 4 is 15.9 Å². The highest BCUT2D eigenvalue weighted by Gasteiger charge is 2.12. The monoisotopic (exact) mass is 279 g/mol. The minimum absolute atomic E-state index is 0.824. The predicted molar refractivity (Wildman–Crippen MR) is 69.1 cm³/mol. The molecule has 0 unspecified atom stereocenters. The first kappa shape index (κ1) is 11.4. The Bertz CT molecular complexity index is 491. The molecule has 1 N–H and O–H groups in total. The van der Waals surface area contributed by atoms with Gasteiger partial charge in [0.05, 0.1) is 11.9 Å². The van der Waals surface area contributed by atoms with Crippen LogP contribution < -0.4 is 5.32 Å². The van der Waals surface area contributed by atoms with E-state index >= 15 is 0 Å². The number of hydrogen-bond acceptors (Lipinski definition) is 2. The van der Waals surface area contributed by atoms with Crippen LogP contribution in [0.4, 0.5) is 0 Å². The first-order valence-corrected chi connectivity index (χ1v) is 5.93. The molecule has 0 aliphatic carbocycles. The number of aromatic nitrogens is 2. The minimum Gasteiger partial charge on any atom is -0.316 e. The molecule has 16 heavy (non-hydrogen) atoms. The largest absolute Gasteiger partial charge is 0.316 e. The van der Waals surface area contributed by atoms with Crippen LogP contribution >= 0.6 is 15.9 Å². The number of nitrogens with zero attached hydrogens (tertiary/aromatic N) is 2. The van der Waals surface area contributed by atoms with E-state index in [-0.39, 0.29) is 0 Å². The van der Waals surface area contributed by atoms with Gasteiger partial charge in [-0.25, -0.2) is 0 Å². The Kier molecular flexibility index (Phi) is 3.41. The number of halogens is 1. The fraction of sp³-hybridized carbons (Fsp3) is 0.250. The number of rotatable bonds is 3. The minimum atomic E-state index is 0.824. The van der Waals surface area contributed by atoms with Crippen LogP contribution in [0.1, 0.15) is 5.56 Å². The zero-order valence-electron chi connectivity index (χ0n) is 9.37. The summed E-state index contributed by atoms with van der Waals surface area (Å²) in [4.78, 5) is 0. The maximum atomic E-state index is 4.31. The van der Waals surface area contributed by atoms with Gasteiger partial charge in [-0.2, -0.15) is 5.10 Å². The zero-order chi connectivity index (χ0) is 11.5. The van der Waals surface area contributed by atoms with E-state index in [0.717, 1.165) is 16.7 Å². The first-order chi connectivity index (χ1) is 7.74. The van der Waals surface area contributed by atoms with E-state index in [0.29, 0.717) is 0 Å². The molecular formula is C12H14BrN3. The molecule has 4 heteroatoms. The molecule has 1 heterocycles. The highest BCUT2D eigenvalue weighted by atomic mass is 79.9. The number of nitrogens with one attached hydrogen (secondary N) is 1. The van der Waals surface area contributed by atoms with Gasteiger partial charge in [0, 0.05) is 29.2 Å². The standard InChI is InChI=1S/C12H14BrN3/c1-14-7-9-8-15-16(2)12(9)10-5-3-4-6-11(10)13/h3-6,8,14H,7H2,1-2H3. The molecule has 0 aliphatic rings. The van der Waals surface area contributed by atoms with Crippen molar-refractivity contribution in [3.05, 3.63) is 40.5 Å². The molecule has 0 saturated heterocycles. The molecule has 3 nitrogen and oxygen atoms in total. The Morgan fingerprint density at radius 2 is 2.12 bits per heavy atom. The second-order valence-electron chi connectivity index (χ2n) is 3.65. The van der Waals surface area contributed by atoms with E-state index in [1.165, 1.54) is 11.1 Å². The molecule has 2 rings (SSSR count). The van der Waals surface area contributed by atoms with Gasteiger partial charge in [0.1, 0.15) is 0 Å². The van der Waals surface area contributed by atoms with Gasteiger partial charge >= 0.3 is 0 Å². The third-order valence-electron chi connectivity index (χ3n) is 2.51. The Morgan fingerprint density at radius 3 is 2.81 bits per heavy atom. The number of aryl methyl sites for hydroxylation is 1. The predicted octanol–water partition coefficient (Wildman–Crippen LogP) is 2.57. The van der Waals surface area contributed by atoms with Gasteiger partial charge in [-0.15, -0.1) is 0 Å². The Hall–Kier alpha value is -1.13. The van der Waals surface area contributed by atoms with E-state index in [4.69, 9.17) is 0 Å². The van der Waals surface area contributed by atoms with E-state index in [1.54, 1.807) is 0 Å². The van der Waals surface area contributed by atoms with Gasteiger partial charge in [0.2, 0.25) is 0 Å². The summed E-state index contributed by atoms with van der Waals surface area (Å²) in [6, 6.07) is 8.20. The van der Waals surface area contributed by atoms with Gasteiger partial charge in [-0.3, -0.25) is 4.68 Å². The molecule has 0 amide bonds. The van der Waals surface area contributed by atoms with E-state index in [1.807, 2.05) is 43.2 Å². The smallest absolute Gasteiger partial charge is 0.0735 e. The Morgan fingerprint density at radius 1 is 1.38 bits per heavy atom. The summed E-state index contributed by atoms with van der Waals surface area (Å²) < 4.78 is 3.00. The molecule has 1 aromatic carbocycles. The summed E-state index contributed by atoms with van der Waals surface area (Å²) in [7, 11) is 3.91. The van der Waals surface area contributed by atoms with Gasteiger partial charge in [0.25, 0.3) is 0 Å². The third kappa shape index (κ3) is 2.03. The molecule has 0 spiro atoms. The zero-order valence-corrected chi connectivity index (χ0v) is 11.0. The molecule has 1 aromatic heterocycles. The van der Waals surface area contributed by atoms with Crippen LogP contribution in [0.3, 0.4) is 0 Å². The molecule has 0 radical (unpaired) electrons. The lowest BCUT2D eigenvalue weighted by Gasteiger charge is -2.08. The van der Waals surface area contributed by atoms with Crippen molar-refractivity contribution in [3.8, 4) is 11.3 Å². The first-order valence-electron chi connectivity index (χ1n) is 5.14. The van der Waals surface area contributed by atoms with Crippen molar-refractivity contribution in [1.29, 1.82) is 0 Å². The highest BCUT2D eigenvalue weighted by molar-refractivity contribution is 9.10. The van der Waals surface area contributed by atoms with Crippen LogP contribution in [0.25, 0.3) is 11.3 Å². The normalized spacial score (nSPS) is 10.7. The highest BCUT2D eigenvalue weighted by Crippen LogP contribution is 2.29. The maximum absolute atomic E-state index is 4.31. The van der Waals surface area contributed by atoms with Crippen molar-refractivity contribution in [2.75, 3.05) is 7.05 Å². The van der Waals surface area contributed by atoms with Gasteiger partial charge < -0.3 is 5.32 Å². The van der Waals surface area contributed by atoms with E-state index in [9.17, 15) is 0 Å². The molecule has 0 aliphatic heterocycles. The van der Waals surface area contributed by atoms with Crippen LogP contribution in [0, 0.1) is 0 Å². The second-order valence-corrected chi connectivity index (χ2v) is 4.51. The summed E-state index contributed by atoms with van der Waals surface area (Å²) in [5.74, 6) is 0. The summed E-state index contributed by atoms with van der Waals surface area (Å²) >= 11 is 3.58. The van der Waals surface area contributed by atoms with Crippen molar-refractivity contribution in [2.45, 2.75) is 6.54 Å². The molecular weight excluding hydrogens is 266 g/mol. The quantitative estimate of drug-likeness (QED) is 0.936. The number of hydrogen-bond donors (Lipinski definition) is 1. The fourth-order valence-electron chi connectivity index (χ4n) is 1.80. The van der Waals surface area contributed by atoms with Crippen LogP contribution in [0.5, 0.6) is 0 Å². The molecule has 0 bridgehead atoms. The molecule has 0 fully saturated rings. The summed E-state index contributed by atoms with van der Waals surface area (Å²) in [5, 5.41) is 7.47. The maximum Gasteiger partial charge on any atom is 0.0735 e. The molecule has 2 aromatic rings. The van der Waals surface area contributed by atoms with Crippen LogP contribution in [0.15, 0.2) is 34.9 Å². The second kappa shape index (κ2) is 4.80. The average Bonchev–Trinajstić information content (AvgIpc) is 2.62. The van der Waals surface area contributed by atoms with Crippen LogP contribution in [-0.2, 0) is 13.6 Å². The van der Waals surface area contributed by atoms with E-state index in [2.05, 4.69) is 32.4 Å². The molecule has 0 saturated carbocycles. The van der Waals surface area contributed by atoms with E-state index < -0.39 is 0 Å². The summed E-state index contributed by atoms with van der Waals surface area (Å²) in [6.07, 6.45) is 1.91. The van der Waals surface area contributed by atoms with Crippen molar-refractivity contribution in [1.82, 2.24) is 15.1 Å². The average molecular weight is 280 g/mol. The lowest BCUT2D eigenvalue weighted by Crippen LogP contribution is -2.06. The lowest BCUT2D eigenvalue weighted by atomic mass is 10.1. The third-order valence-corrected chi connectivity index (χ3v) is 3.20. The van der Waals surface area contributed by atoms with Crippen molar-refractivity contribution in [3.63, 3.8) is 0 Å². The Balaban J connectivity index is 2.54. The van der Waals surface area contributed by atoms with Gasteiger partial charge in [-0.1, -0.05) is 34.1 Å². The summed E-state index contributed by atoms with van der Waals surface area (Å²) in [6.45, 7) is 0.824. The molecule has 0 atom stereocenters. The topological polar surface area (TPSA) is 29.9 Å². The Labute approximate surface area is 104 Å². The number of benzene rings is 1. The SMILES string of the molecule is CNCc1cnn(C)c1-c1ccccc1Br. The summed E-state index contributed by atoms with van der Waals surface area (Å²) in [5.41, 5.74) is 3.53. The van der Waals surface area contributed by atoms with Crippen molar-refractivity contribution in [2.24, 2.45) is 7.05 Å². The van der Waals surface area contributed by atoms with Gasteiger partial charge in [0.15, 0.2) is 0 Å².